The minimum absolute atomic E-state index is 0.0126. The van der Waals surface area contributed by atoms with Crippen molar-refractivity contribution >= 4 is 35.1 Å². The number of aliphatic hydroxyl groups excluding tert-OH is 1. The summed E-state index contributed by atoms with van der Waals surface area (Å²) in [7, 11) is 0. The van der Waals surface area contributed by atoms with E-state index >= 15 is 0 Å². The third-order valence-electron chi connectivity index (χ3n) is 9.53. The van der Waals surface area contributed by atoms with Crippen LogP contribution in [0.4, 0.5) is 0 Å². The molecule has 0 aromatic carbocycles. The van der Waals surface area contributed by atoms with Crippen molar-refractivity contribution in [3.05, 3.63) is 23.8 Å². The summed E-state index contributed by atoms with van der Waals surface area (Å²) in [4.78, 5) is 48.9. The third-order valence-corrected chi connectivity index (χ3v) is 10.5. The molecule has 0 saturated heterocycles. The van der Waals surface area contributed by atoms with E-state index < -0.39 is 51.7 Å². The van der Waals surface area contributed by atoms with Crippen LogP contribution in [-0.2, 0) is 28.7 Å². The molecule has 0 bridgehead atoms. The molecule has 0 aromatic heterocycles. The quantitative estimate of drug-likeness (QED) is 0.344. The molecular weight excluding hydrogens is 472 g/mol. The van der Waals surface area contributed by atoms with Crippen molar-refractivity contribution < 1.29 is 33.8 Å². The summed E-state index contributed by atoms with van der Waals surface area (Å²) in [5, 5.41) is 11.7. The third kappa shape index (κ3) is 3.41. The number of alkyl halides is 1. The van der Waals surface area contributed by atoms with Crippen LogP contribution in [0.2, 0.25) is 0 Å². The Morgan fingerprint density at radius 3 is 2.54 bits per heavy atom. The van der Waals surface area contributed by atoms with Gasteiger partial charge < -0.3 is 14.6 Å². The number of fused-ring (bicyclic) bond motifs is 5. The van der Waals surface area contributed by atoms with E-state index in [1.807, 2.05) is 26.8 Å². The normalized spacial score (nSPS) is 44.0. The summed E-state index contributed by atoms with van der Waals surface area (Å²) in [5.74, 6) is -2.31. The van der Waals surface area contributed by atoms with Crippen LogP contribution in [0.1, 0.15) is 66.7 Å². The Morgan fingerprint density at radius 1 is 1.23 bits per heavy atom. The SMILES string of the molecule is CCC(=O)O[C@]1(C(=O)COC(C)=O)[C@@H](C)C[C@H]2[C@@H]3CC=C4CC(=O)C=C[C@]4(C)[C@@]3(Cl)[C@@H](O)C[C@@]21C. The van der Waals surface area contributed by atoms with Crippen LogP contribution in [0.3, 0.4) is 0 Å². The topological polar surface area (TPSA) is 107 Å². The summed E-state index contributed by atoms with van der Waals surface area (Å²) in [6.07, 6.45) is 6.02. The molecule has 8 atom stereocenters. The number of ketones is 2. The molecule has 0 aliphatic heterocycles. The predicted octanol–water partition coefficient (Wildman–Crippen LogP) is 3.70. The zero-order chi connectivity index (χ0) is 26.0. The molecule has 2 fully saturated rings. The molecule has 7 nitrogen and oxygen atoms in total. The molecule has 2 saturated carbocycles. The van der Waals surface area contributed by atoms with Gasteiger partial charge in [-0.25, -0.2) is 0 Å². The van der Waals surface area contributed by atoms with Crippen molar-refractivity contribution in [3.8, 4) is 0 Å². The van der Waals surface area contributed by atoms with E-state index in [0.717, 1.165) is 5.57 Å². The zero-order valence-electron chi connectivity index (χ0n) is 21.1. The molecule has 0 heterocycles. The van der Waals surface area contributed by atoms with Crippen LogP contribution in [0.25, 0.3) is 0 Å². The highest BCUT2D eigenvalue weighted by Crippen LogP contribution is 2.71. The van der Waals surface area contributed by atoms with Gasteiger partial charge in [-0.2, -0.15) is 0 Å². The van der Waals surface area contributed by atoms with E-state index in [1.54, 1.807) is 13.0 Å². The smallest absolute Gasteiger partial charge is 0.306 e. The average molecular weight is 507 g/mol. The first kappa shape index (κ1) is 26.1. The number of hydrogen-bond acceptors (Lipinski definition) is 7. The number of hydrogen-bond donors (Lipinski definition) is 1. The van der Waals surface area contributed by atoms with Crippen LogP contribution in [-0.4, -0.2) is 51.8 Å². The summed E-state index contributed by atoms with van der Waals surface area (Å²) >= 11 is 7.46. The fraction of sp³-hybridized carbons (Fsp3) is 0.704. The maximum absolute atomic E-state index is 13.7. The number of Topliss-reactive ketones (excluding diaryl/α,β-unsaturated/α-hetero) is 1. The first-order valence-electron chi connectivity index (χ1n) is 12.4. The molecule has 0 unspecified atom stereocenters. The largest absolute Gasteiger partial charge is 0.458 e. The van der Waals surface area contributed by atoms with Gasteiger partial charge in [0.2, 0.25) is 5.78 Å². The number of esters is 2. The lowest BCUT2D eigenvalue weighted by Gasteiger charge is -2.63. The first-order valence-corrected chi connectivity index (χ1v) is 12.8. The molecule has 4 aliphatic carbocycles. The molecule has 0 aromatic rings. The Bertz CT molecular complexity index is 1030. The van der Waals surface area contributed by atoms with Gasteiger partial charge in [-0.15, -0.1) is 11.6 Å². The van der Waals surface area contributed by atoms with Gasteiger partial charge >= 0.3 is 11.9 Å². The molecule has 0 spiro atoms. The van der Waals surface area contributed by atoms with Gasteiger partial charge in [-0.05, 0) is 37.2 Å². The molecule has 0 amide bonds. The molecule has 4 aliphatic rings. The summed E-state index contributed by atoms with van der Waals surface area (Å²) in [6, 6.07) is 0. The highest BCUT2D eigenvalue weighted by Gasteiger charge is 2.76. The van der Waals surface area contributed by atoms with Gasteiger partial charge in [0.15, 0.2) is 18.0 Å². The fourth-order valence-corrected chi connectivity index (χ4v) is 8.33. The van der Waals surface area contributed by atoms with Crippen molar-refractivity contribution in [2.75, 3.05) is 6.61 Å². The van der Waals surface area contributed by atoms with Gasteiger partial charge in [0.05, 0.1) is 11.0 Å². The van der Waals surface area contributed by atoms with Crippen molar-refractivity contribution in [2.24, 2.45) is 28.6 Å². The van der Waals surface area contributed by atoms with Gasteiger partial charge in [-0.3, -0.25) is 19.2 Å². The molecule has 0 radical (unpaired) electrons. The van der Waals surface area contributed by atoms with E-state index in [0.29, 0.717) is 12.8 Å². The number of allylic oxidation sites excluding steroid dienone is 4. The van der Waals surface area contributed by atoms with Crippen LogP contribution in [0.15, 0.2) is 23.8 Å². The van der Waals surface area contributed by atoms with E-state index in [9.17, 15) is 24.3 Å². The first-order chi connectivity index (χ1) is 16.3. The average Bonchev–Trinajstić information content (AvgIpc) is 3.00. The summed E-state index contributed by atoms with van der Waals surface area (Å²) in [6.45, 7) is 8.14. The molecule has 4 rings (SSSR count). The number of ether oxygens (including phenoxy) is 2. The second kappa shape index (κ2) is 8.55. The van der Waals surface area contributed by atoms with Gasteiger partial charge in [0, 0.05) is 36.5 Å². The van der Waals surface area contributed by atoms with Gasteiger partial charge in [0.25, 0.3) is 0 Å². The Morgan fingerprint density at radius 2 is 1.91 bits per heavy atom. The number of carbonyl (C=O) groups is 4. The summed E-state index contributed by atoms with van der Waals surface area (Å²) < 4.78 is 11.1. The highest BCUT2D eigenvalue weighted by molar-refractivity contribution is 6.26. The molecule has 192 valence electrons. The number of halogens is 1. The van der Waals surface area contributed by atoms with Crippen molar-refractivity contribution in [1.82, 2.24) is 0 Å². The zero-order valence-corrected chi connectivity index (χ0v) is 21.8. The monoisotopic (exact) mass is 506 g/mol. The van der Waals surface area contributed by atoms with Gasteiger partial charge in [-0.1, -0.05) is 45.4 Å². The second-order valence-electron chi connectivity index (χ2n) is 11.2. The van der Waals surface area contributed by atoms with E-state index in [4.69, 9.17) is 21.1 Å². The maximum Gasteiger partial charge on any atom is 0.306 e. The Hall–Kier alpha value is -1.99. The Balaban J connectivity index is 1.83. The number of carbonyl (C=O) groups excluding carboxylic acids is 4. The van der Waals surface area contributed by atoms with Crippen molar-refractivity contribution in [3.63, 3.8) is 0 Å². The van der Waals surface area contributed by atoms with E-state index in [2.05, 4.69) is 6.08 Å². The van der Waals surface area contributed by atoms with Gasteiger partial charge in [0.1, 0.15) is 0 Å². The number of aliphatic hydroxyl groups is 1. The molecule has 1 N–H and O–H groups in total. The fourth-order valence-electron chi connectivity index (χ4n) is 7.83. The van der Waals surface area contributed by atoms with Crippen LogP contribution in [0.5, 0.6) is 0 Å². The van der Waals surface area contributed by atoms with Crippen LogP contribution in [0, 0.1) is 28.6 Å². The second-order valence-corrected chi connectivity index (χ2v) is 11.8. The minimum Gasteiger partial charge on any atom is -0.458 e. The highest BCUT2D eigenvalue weighted by atomic mass is 35.5. The minimum atomic E-state index is -1.55. The van der Waals surface area contributed by atoms with Crippen LogP contribution < -0.4 is 0 Å². The van der Waals surface area contributed by atoms with Crippen molar-refractivity contribution in [1.29, 1.82) is 0 Å². The number of rotatable bonds is 5. The van der Waals surface area contributed by atoms with Crippen molar-refractivity contribution in [2.45, 2.75) is 83.3 Å². The lowest BCUT2D eigenvalue weighted by atomic mass is 9.46. The van der Waals surface area contributed by atoms with E-state index in [-0.39, 0.29) is 42.8 Å². The van der Waals surface area contributed by atoms with Crippen LogP contribution >= 0.6 is 11.6 Å². The maximum atomic E-state index is 13.7. The molecule has 35 heavy (non-hydrogen) atoms. The Labute approximate surface area is 211 Å². The lowest BCUT2D eigenvalue weighted by molar-refractivity contribution is -0.202. The standard InChI is InChI=1S/C27H35ClO7/c1-6-23(33)35-27(22(32)14-34-16(3)29)15(2)11-20-19-8-7-17-12-18(30)9-10-24(17,4)26(19,28)21(31)13-25(20,27)5/h7,9-10,15,19-21,31H,6,8,11-14H2,1-5H3/t15-,19-,20-,21-,24-,25-,26-,27-/m0/s1. The predicted molar refractivity (Wildman–Crippen MR) is 128 cm³/mol. The Kier molecular flexibility index (Phi) is 6.37. The summed E-state index contributed by atoms with van der Waals surface area (Å²) in [5.41, 5.74) is -2.28. The molecular formula is C27H35ClO7. The lowest BCUT2D eigenvalue weighted by Crippen LogP contribution is -2.69. The van der Waals surface area contributed by atoms with E-state index in [1.165, 1.54) is 6.92 Å². The molecule has 8 heteroatoms.